The molecule has 0 fully saturated rings. The third-order valence-electron chi connectivity index (χ3n) is 4.16. The number of nitrogens with one attached hydrogen (secondary N) is 2. The van der Waals surface area contributed by atoms with Crippen LogP contribution in [0.1, 0.15) is 31.0 Å². The number of ether oxygens (including phenoxy) is 1. The molecule has 2 N–H and O–H groups in total. The van der Waals surface area contributed by atoms with E-state index < -0.39 is 40.9 Å². The predicted octanol–water partition coefficient (Wildman–Crippen LogP) is 2.09. The summed E-state index contributed by atoms with van der Waals surface area (Å²) < 4.78 is 43.7. The molecule has 0 aliphatic heterocycles. The van der Waals surface area contributed by atoms with Crippen molar-refractivity contribution in [2.45, 2.75) is 31.2 Å². The van der Waals surface area contributed by atoms with E-state index in [9.17, 15) is 22.4 Å². The molecule has 0 heterocycles. The van der Waals surface area contributed by atoms with Crippen LogP contribution in [-0.4, -0.2) is 33.4 Å². The largest absolute Gasteiger partial charge is 0.455 e. The second kappa shape index (κ2) is 10.1. The van der Waals surface area contributed by atoms with Crippen LogP contribution in [0.15, 0.2) is 53.4 Å². The van der Waals surface area contributed by atoms with E-state index in [-0.39, 0.29) is 10.9 Å². The molecular weight excluding hydrogens is 399 g/mol. The van der Waals surface area contributed by atoms with Crippen molar-refractivity contribution in [3.8, 4) is 0 Å². The molecule has 7 nitrogen and oxygen atoms in total. The summed E-state index contributed by atoms with van der Waals surface area (Å²) in [5, 5.41) is 2.70. The molecular formula is C20H23FN2O5S. The van der Waals surface area contributed by atoms with E-state index in [1.807, 2.05) is 35.9 Å². The van der Waals surface area contributed by atoms with Crippen molar-refractivity contribution < 1.29 is 27.1 Å². The van der Waals surface area contributed by atoms with Crippen molar-refractivity contribution in [1.29, 1.82) is 0 Å². The molecule has 0 saturated carbocycles. The number of halogens is 1. The number of hydrogen-bond donors (Lipinski definition) is 2. The molecule has 0 saturated heterocycles. The molecule has 0 aliphatic rings. The second-order valence-corrected chi connectivity index (χ2v) is 8.09. The zero-order valence-electron chi connectivity index (χ0n) is 16.1. The minimum Gasteiger partial charge on any atom is -0.455 e. The molecule has 0 aromatic heterocycles. The highest BCUT2D eigenvalue weighted by Gasteiger charge is 2.17. The van der Waals surface area contributed by atoms with E-state index in [0.717, 1.165) is 36.2 Å². The molecule has 0 aliphatic carbocycles. The maximum Gasteiger partial charge on any atom is 0.321 e. The molecule has 0 spiro atoms. The van der Waals surface area contributed by atoms with Crippen molar-refractivity contribution in [2.75, 3.05) is 13.2 Å². The second-order valence-electron chi connectivity index (χ2n) is 6.32. The summed E-state index contributed by atoms with van der Waals surface area (Å²) in [5.74, 6) is -2.00. The topological polar surface area (TPSA) is 102 Å². The predicted molar refractivity (Wildman–Crippen MR) is 105 cm³/mol. The quantitative estimate of drug-likeness (QED) is 0.603. The van der Waals surface area contributed by atoms with Gasteiger partial charge in [0, 0.05) is 0 Å². The minimum atomic E-state index is -3.99. The van der Waals surface area contributed by atoms with E-state index in [4.69, 9.17) is 4.74 Å². The van der Waals surface area contributed by atoms with Crippen LogP contribution in [0, 0.1) is 5.82 Å². The lowest BCUT2D eigenvalue weighted by atomic mass is 10.1. The maximum atomic E-state index is 12.9. The Hall–Kier alpha value is -2.78. The lowest BCUT2D eigenvalue weighted by molar-refractivity contribution is -0.147. The van der Waals surface area contributed by atoms with Crippen LogP contribution >= 0.6 is 0 Å². The van der Waals surface area contributed by atoms with Gasteiger partial charge in [0.2, 0.25) is 10.0 Å². The summed E-state index contributed by atoms with van der Waals surface area (Å²) in [6.07, 6.45) is 0.919. The first-order valence-electron chi connectivity index (χ1n) is 9.00. The zero-order valence-corrected chi connectivity index (χ0v) is 17.0. The Kier molecular flexibility index (Phi) is 7.86. The van der Waals surface area contributed by atoms with Crippen LogP contribution < -0.4 is 10.0 Å². The lowest BCUT2D eigenvalue weighted by Crippen LogP contribution is -2.34. The summed E-state index contributed by atoms with van der Waals surface area (Å²) >= 11 is 0. The van der Waals surface area contributed by atoms with Gasteiger partial charge in [-0.25, -0.2) is 12.8 Å². The highest BCUT2D eigenvalue weighted by molar-refractivity contribution is 7.89. The van der Waals surface area contributed by atoms with Crippen LogP contribution in [0.25, 0.3) is 0 Å². The van der Waals surface area contributed by atoms with Crippen LogP contribution in [0.5, 0.6) is 0 Å². The fourth-order valence-electron chi connectivity index (χ4n) is 2.46. The van der Waals surface area contributed by atoms with E-state index in [2.05, 4.69) is 5.32 Å². The van der Waals surface area contributed by atoms with Gasteiger partial charge in [0.15, 0.2) is 6.61 Å². The SMILES string of the molecule is CCc1ccc([C@@H](C)NC(=O)COC(=O)CNS(=O)(=O)c2ccc(F)cc2)cc1. The fraction of sp³-hybridized carbons (Fsp3) is 0.300. The van der Waals surface area contributed by atoms with Gasteiger partial charge in [-0.2, -0.15) is 4.72 Å². The number of benzene rings is 2. The Bertz CT molecular complexity index is 944. The van der Waals surface area contributed by atoms with Gasteiger partial charge in [-0.05, 0) is 48.7 Å². The Morgan fingerprint density at radius 3 is 2.28 bits per heavy atom. The number of esters is 1. The monoisotopic (exact) mass is 422 g/mol. The smallest absolute Gasteiger partial charge is 0.321 e. The number of amides is 1. The van der Waals surface area contributed by atoms with Gasteiger partial charge < -0.3 is 10.1 Å². The zero-order chi connectivity index (χ0) is 21.4. The number of hydrogen-bond acceptors (Lipinski definition) is 5. The van der Waals surface area contributed by atoms with Crippen LogP contribution in [-0.2, 0) is 30.8 Å². The Morgan fingerprint density at radius 1 is 1.07 bits per heavy atom. The Balaban J connectivity index is 1.77. The average molecular weight is 422 g/mol. The van der Waals surface area contributed by atoms with Crippen LogP contribution in [0.2, 0.25) is 0 Å². The highest BCUT2D eigenvalue weighted by Crippen LogP contribution is 2.13. The number of sulfonamides is 1. The molecule has 29 heavy (non-hydrogen) atoms. The van der Waals surface area contributed by atoms with Gasteiger partial charge in [0.1, 0.15) is 12.4 Å². The van der Waals surface area contributed by atoms with Gasteiger partial charge in [0.25, 0.3) is 5.91 Å². The maximum absolute atomic E-state index is 12.9. The van der Waals surface area contributed by atoms with Gasteiger partial charge in [-0.3, -0.25) is 9.59 Å². The van der Waals surface area contributed by atoms with Crippen molar-refractivity contribution in [3.05, 3.63) is 65.5 Å². The molecule has 156 valence electrons. The summed E-state index contributed by atoms with van der Waals surface area (Å²) in [6.45, 7) is 2.67. The lowest BCUT2D eigenvalue weighted by Gasteiger charge is -2.15. The van der Waals surface area contributed by atoms with Crippen molar-refractivity contribution in [1.82, 2.24) is 10.0 Å². The molecule has 0 bridgehead atoms. The van der Waals surface area contributed by atoms with Crippen LogP contribution in [0.3, 0.4) is 0 Å². The first kappa shape index (κ1) is 22.5. The molecule has 0 unspecified atom stereocenters. The average Bonchev–Trinajstić information content (AvgIpc) is 2.71. The third kappa shape index (κ3) is 6.95. The summed E-state index contributed by atoms with van der Waals surface area (Å²) in [6, 6.07) is 11.7. The summed E-state index contributed by atoms with van der Waals surface area (Å²) in [4.78, 5) is 23.5. The first-order valence-corrected chi connectivity index (χ1v) is 10.5. The standard InChI is InChI=1S/C20H23FN2O5S/c1-3-15-4-6-16(7-5-15)14(2)23-19(24)13-28-20(25)12-22-29(26,27)18-10-8-17(21)9-11-18/h4-11,14,22H,3,12-13H2,1-2H3,(H,23,24)/t14-/m1/s1. The van der Waals surface area contributed by atoms with E-state index in [1.165, 1.54) is 5.56 Å². The van der Waals surface area contributed by atoms with E-state index >= 15 is 0 Å². The Labute approximate surface area is 169 Å². The van der Waals surface area contributed by atoms with Gasteiger partial charge in [0.05, 0.1) is 10.9 Å². The van der Waals surface area contributed by atoms with Crippen LogP contribution in [0.4, 0.5) is 4.39 Å². The Morgan fingerprint density at radius 2 is 1.69 bits per heavy atom. The molecule has 1 atom stereocenters. The molecule has 2 rings (SSSR count). The number of carbonyl (C=O) groups excluding carboxylic acids is 2. The van der Waals surface area contributed by atoms with Gasteiger partial charge in [-0.1, -0.05) is 31.2 Å². The number of aryl methyl sites for hydroxylation is 1. The van der Waals surface area contributed by atoms with E-state index in [1.54, 1.807) is 6.92 Å². The first-order chi connectivity index (χ1) is 13.7. The van der Waals surface area contributed by atoms with E-state index in [0.29, 0.717) is 0 Å². The van der Waals surface area contributed by atoms with Crippen molar-refractivity contribution >= 4 is 21.9 Å². The molecule has 1 amide bonds. The fourth-order valence-corrected chi connectivity index (χ4v) is 3.43. The highest BCUT2D eigenvalue weighted by atomic mass is 32.2. The van der Waals surface area contributed by atoms with Crippen molar-refractivity contribution in [3.63, 3.8) is 0 Å². The number of carbonyl (C=O) groups is 2. The molecule has 2 aromatic carbocycles. The normalized spacial score (nSPS) is 12.2. The van der Waals surface area contributed by atoms with Gasteiger partial charge >= 0.3 is 5.97 Å². The molecule has 0 radical (unpaired) electrons. The minimum absolute atomic E-state index is 0.188. The summed E-state index contributed by atoms with van der Waals surface area (Å²) in [7, 11) is -3.99. The molecule has 2 aromatic rings. The third-order valence-corrected chi connectivity index (χ3v) is 5.58. The van der Waals surface area contributed by atoms with Crippen molar-refractivity contribution in [2.24, 2.45) is 0 Å². The number of rotatable bonds is 9. The summed E-state index contributed by atoms with van der Waals surface area (Å²) in [5.41, 5.74) is 2.10. The molecule has 9 heteroatoms. The van der Waals surface area contributed by atoms with Gasteiger partial charge in [-0.15, -0.1) is 0 Å².